The molecular formula is C39H43F2N3O3. The van der Waals surface area contributed by atoms with Gasteiger partial charge in [0.2, 0.25) is 5.91 Å². The summed E-state index contributed by atoms with van der Waals surface area (Å²) in [5, 5.41) is 10.7. The molecule has 6 rings (SSSR count). The third-order valence-electron chi connectivity index (χ3n) is 9.39. The van der Waals surface area contributed by atoms with Gasteiger partial charge in [0.05, 0.1) is 18.1 Å². The molecule has 0 bridgehead atoms. The average Bonchev–Trinajstić information content (AvgIpc) is 3.09. The lowest BCUT2D eigenvalue weighted by atomic mass is 9.78. The maximum Gasteiger partial charge on any atom is 0.233 e. The first-order chi connectivity index (χ1) is 22.9. The van der Waals surface area contributed by atoms with E-state index < -0.39 is 6.10 Å². The summed E-state index contributed by atoms with van der Waals surface area (Å²) in [6, 6.07) is 27.8. The quantitative estimate of drug-likeness (QED) is 0.156. The van der Waals surface area contributed by atoms with Crippen LogP contribution in [0.5, 0.6) is 5.75 Å². The van der Waals surface area contributed by atoms with Crippen molar-refractivity contribution in [2.75, 3.05) is 37.6 Å². The second-order valence-electron chi connectivity index (χ2n) is 12.7. The summed E-state index contributed by atoms with van der Waals surface area (Å²) in [7, 11) is 0. The highest BCUT2D eigenvalue weighted by atomic mass is 19.1. The Morgan fingerprint density at radius 2 is 1.38 bits per heavy atom. The lowest BCUT2D eigenvalue weighted by Gasteiger charge is -2.48. The lowest BCUT2D eigenvalue weighted by Crippen LogP contribution is -2.55. The molecule has 3 unspecified atom stereocenters. The molecule has 2 heterocycles. The van der Waals surface area contributed by atoms with Crippen LogP contribution in [-0.4, -0.2) is 53.5 Å². The molecule has 2 aliphatic rings. The predicted molar refractivity (Wildman–Crippen MR) is 180 cm³/mol. The first kappa shape index (κ1) is 32.8. The Hall–Kier alpha value is -4.11. The molecule has 0 aliphatic carbocycles. The molecule has 0 radical (unpaired) electrons. The molecule has 4 aromatic carbocycles. The van der Waals surface area contributed by atoms with Gasteiger partial charge in [-0.3, -0.25) is 9.69 Å². The lowest BCUT2D eigenvalue weighted by molar-refractivity contribution is -0.131. The van der Waals surface area contributed by atoms with Crippen molar-refractivity contribution in [2.24, 2.45) is 5.92 Å². The van der Waals surface area contributed by atoms with Crippen LogP contribution in [0.25, 0.3) is 0 Å². The number of ether oxygens (including phenoxy) is 1. The number of benzene rings is 4. The van der Waals surface area contributed by atoms with Gasteiger partial charge in [0, 0.05) is 38.4 Å². The highest BCUT2D eigenvalue weighted by molar-refractivity contribution is 6.03. The molecule has 4 aromatic rings. The maximum atomic E-state index is 13.7. The number of anilines is 1. The standard InChI is InChI=1S/C39H43F2N3O3/c1-2-21-42-22-24-43(25-23-42)26-28-3-5-29(6-4-28)27-47-35-17-9-31(10-18-35)38-36(19-20-37(45)30-7-11-32(40)12-8-30)39(46)44(38)34-15-13-33(41)14-16-34/h3-18,36-38,45H,2,19-27H2,1H3. The molecule has 8 heteroatoms. The van der Waals surface area contributed by atoms with Crippen molar-refractivity contribution in [1.82, 2.24) is 9.80 Å². The number of carbonyl (C=O) groups is 1. The molecule has 2 fully saturated rings. The highest BCUT2D eigenvalue weighted by Gasteiger charge is 2.48. The van der Waals surface area contributed by atoms with E-state index in [9.17, 15) is 18.7 Å². The minimum Gasteiger partial charge on any atom is -0.489 e. The number of amides is 1. The predicted octanol–water partition coefficient (Wildman–Crippen LogP) is 7.29. The Bertz CT molecular complexity index is 1590. The monoisotopic (exact) mass is 639 g/mol. The van der Waals surface area contributed by atoms with E-state index in [1.165, 1.54) is 42.8 Å². The maximum absolute atomic E-state index is 13.7. The molecule has 6 nitrogen and oxygen atoms in total. The summed E-state index contributed by atoms with van der Waals surface area (Å²) >= 11 is 0. The number of carbonyl (C=O) groups excluding carboxylic acids is 1. The van der Waals surface area contributed by atoms with Crippen LogP contribution in [0.4, 0.5) is 14.5 Å². The largest absolute Gasteiger partial charge is 0.489 e. The van der Waals surface area contributed by atoms with E-state index in [0.717, 1.165) is 49.6 Å². The number of β-lactam (4-membered cyclic amide) rings is 1. The first-order valence-electron chi connectivity index (χ1n) is 16.7. The van der Waals surface area contributed by atoms with Crippen LogP contribution in [0, 0.1) is 17.6 Å². The third-order valence-corrected chi connectivity index (χ3v) is 9.39. The summed E-state index contributed by atoms with van der Waals surface area (Å²) in [5.74, 6) is -0.437. The van der Waals surface area contributed by atoms with Crippen molar-refractivity contribution in [3.8, 4) is 5.75 Å². The normalized spacial score (nSPS) is 19.4. The van der Waals surface area contributed by atoms with Gasteiger partial charge in [-0.2, -0.15) is 0 Å². The van der Waals surface area contributed by atoms with Crippen molar-refractivity contribution in [3.63, 3.8) is 0 Å². The summed E-state index contributed by atoms with van der Waals surface area (Å²) < 4.78 is 33.1. The fraction of sp³-hybridized carbons (Fsp3) is 0.359. The zero-order chi connectivity index (χ0) is 32.8. The number of hydrogen-bond acceptors (Lipinski definition) is 5. The number of nitrogens with zero attached hydrogens (tertiary/aromatic N) is 3. The van der Waals surface area contributed by atoms with Crippen LogP contribution in [-0.2, 0) is 17.9 Å². The van der Waals surface area contributed by atoms with E-state index in [1.807, 2.05) is 24.3 Å². The molecule has 1 N–H and O–H groups in total. The van der Waals surface area contributed by atoms with Crippen LogP contribution < -0.4 is 9.64 Å². The van der Waals surface area contributed by atoms with Crippen molar-refractivity contribution in [3.05, 3.63) is 131 Å². The Morgan fingerprint density at radius 3 is 2.02 bits per heavy atom. The minimum absolute atomic E-state index is 0.0737. The van der Waals surface area contributed by atoms with E-state index in [4.69, 9.17) is 4.74 Å². The topological polar surface area (TPSA) is 56.2 Å². The van der Waals surface area contributed by atoms with E-state index >= 15 is 0 Å². The SMILES string of the molecule is CCCN1CCN(Cc2ccc(COc3ccc(C4C(CCC(O)c5ccc(F)cc5)C(=O)N4c4ccc(F)cc4)cc3)cc2)CC1. The summed E-state index contributed by atoms with van der Waals surface area (Å²) in [6.07, 6.45) is 1.20. The first-order valence-corrected chi connectivity index (χ1v) is 16.7. The number of aliphatic hydroxyl groups excluding tert-OH is 1. The Morgan fingerprint density at radius 1 is 0.787 bits per heavy atom. The van der Waals surface area contributed by atoms with Gasteiger partial charge in [0.15, 0.2) is 0 Å². The van der Waals surface area contributed by atoms with Gasteiger partial charge < -0.3 is 19.6 Å². The van der Waals surface area contributed by atoms with Gasteiger partial charge in [0.1, 0.15) is 24.0 Å². The van der Waals surface area contributed by atoms with Crippen LogP contribution in [0.1, 0.15) is 60.6 Å². The molecule has 2 saturated heterocycles. The number of rotatable bonds is 13. The van der Waals surface area contributed by atoms with Gasteiger partial charge in [-0.25, -0.2) is 8.78 Å². The molecule has 3 atom stereocenters. The van der Waals surface area contributed by atoms with Crippen molar-refractivity contribution in [2.45, 2.75) is 51.5 Å². The molecular weight excluding hydrogens is 596 g/mol. The van der Waals surface area contributed by atoms with Gasteiger partial charge in [-0.05, 0) is 96.6 Å². The van der Waals surface area contributed by atoms with Crippen molar-refractivity contribution >= 4 is 11.6 Å². The number of aliphatic hydroxyl groups is 1. The van der Waals surface area contributed by atoms with Crippen LogP contribution in [0.2, 0.25) is 0 Å². The van der Waals surface area contributed by atoms with Crippen LogP contribution in [0.3, 0.4) is 0 Å². The van der Waals surface area contributed by atoms with Crippen molar-refractivity contribution < 1.29 is 23.4 Å². The average molecular weight is 640 g/mol. The summed E-state index contributed by atoms with van der Waals surface area (Å²) in [5.41, 5.74) is 4.57. The van der Waals surface area contributed by atoms with Crippen molar-refractivity contribution in [1.29, 1.82) is 0 Å². The Kier molecular flexibility index (Phi) is 10.6. The van der Waals surface area contributed by atoms with Gasteiger partial charge in [-0.15, -0.1) is 0 Å². The van der Waals surface area contributed by atoms with Crippen LogP contribution in [0.15, 0.2) is 97.1 Å². The zero-order valence-corrected chi connectivity index (χ0v) is 26.9. The van der Waals surface area contributed by atoms with Gasteiger partial charge in [0.25, 0.3) is 0 Å². The Balaban J connectivity index is 1.07. The minimum atomic E-state index is -0.810. The van der Waals surface area contributed by atoms with Gasteiger partial charge in [-0.1, -0.05) is 55.5 Å². The highest BCUT2D eigenvalue weighted by Crippen LogP contribution is 2.46. The van der Waals surface area contributed by atoms with E-state index in [-0.39, 0.29) is 29.5 Å². The number of hydrogen-bond donors (Lipinski definition) is 1. The molecule has 1 amide bonds. The molecule has 0 aromatic heterocycles. The molecule has 0 spiro atoms. The molecule has 2 aliphatic heterocycles. The summed E-state index contributed by atoms with van der Waals surface area (Å²) in [6.45, 7) is 9.33. The Labute approximate surface area is 276 Å². The fourth-order valence-corrected chi connectivity index (χ4v) is 6.70. The molecule has 47 heavy (non-hydrogen) atoms. The zero-order valence-electron chi connectivity index (χ0n) is 26.9. The number of piperazine rings is 1. The fourth-order valence-electron chi connectivity index (χ4n) is 6.70. The smallest absolute Gasteiger partial charge is 0.233 e. The second-order valence-corrected chi connectivity index (χ2v) is 12.7. The third kappa shape index (κ3) is 8.07. The molecule has 0 saturated carbocycles. The van der Waals surface area contributed by atoms with Crippen LogP contribution >= 0.6 is 0 Å². The van der Waals surface area contributed by atoms with E-state index in [1.54, 1.807) is 29.2 Å². The van der Waals surface area contributed by atoms with Gasteiger partial charge >= 0.3 is 0 Å². The van der Waals surface area contributed by atoms with E-state index in [2.05, 4.69) is 41.0 Å². The number of halogens is 2. The molecule has 246 valence electrons. The second kappa shape index (κ2) is 15.2. The summed E-state index contributed by atoms with van der Waals surface area (Å²) in [4.78, 5) is 20.1. The van der Waals surface area contributed by atoms with E-state index in [0.29, 0.717) is 30.7 Å².